The van der Waals surface area contributed by atoms with E-state index in [1.54, 1.807) is 6.21 Å². The summed E-state index contributed by atoms with van der Waals surface area (Å²) < 4.78 is 7.12. The van der Waals surface area contributed by atoms with Crippen molar-refractivity contribution in [2.24, 2.45) is 5.10 Å². The number of nitrogens with one attached hydrogen (secondary N) is 1. The molecular weight excluding hydrogens is 428 g/mol. The lowest BCUT2D eigenvalue weighted by Crippen LogP contribution is -2.32. The minimum Gasteiger partial charge on any atom is -0.383 e. The predicted molar refractivity (Wildman–Crippen MR) is 134 cm³/mol. The van der Waals surface area contributed by atoms with Crippen molar-refractivity contribution < 1.29 is 9.53 Å². The molecule has 0 spiro atoms. The van der Waals surface area contributed by atoms with Gasteiger partial charge in [0.25, 0.3) is 5.91 Å². The Labute approximate surface area is 197 Å². The first kappa shape index (κ1) is 22.0. The number of nitrogen functional groups attached to an aromatic ring is 1. The van der Waals surface area contributed by atoms with Crippen molar-refractivity contribution in [2.75, 3.05) is 18.9 Å². The van der Waals surface area contributed by atoms with Gasteiger partial charge in [0.1, 0.15) is 16.9 Å². The topological polar surface area (TPSA) is 107 Å². The van der Waals surface area contributed by atoms with E-state index in [0.29, 0.717) is 34.7 Å². The highest BCUT2D eigenvalue weighted by atomic mass is 16.5. The minimum absolute atomic E-state index is 0.0253. The molecule has 1 amide bonds. The number of anilines is 1. The fourth-order valence-corrected chi connectivity index (χ4v) is 4.18. The Morgan fingerprint density at radius 3 is 2.62 bits per heavy atom. The molecule has 8 nitrogen and oxygen atoms in total. The Bertz CT molecular complexity index is 1370. The largest absolute Gasteiger partial charge is 0.383 e. The summed E-state index contributed by atoms with van der Waals surface area (Å²) in [6.45, 7) is 5.47. The van der Waals surface area contributed by atoms with Gasteiger partial charge in [-0.2, -0.15) is 9.78 Å². The van der Waals surface area contributed by atoms with Gasteiger partial charge in [-0.3, -0.25) is 4.79 Å². The molecule has 0 bridgehead atoms. The number of nitrogens with two attached hydrogens (primary N) is 1. The second kappa shape index (κ2) is 9.23. The molecule has 1 fully saturated rings. The molecule has 1 saturated heterocycles. The summed E-state index contributed by atoms with van der Waals surface area (Å²) in [6, 6.07) is 15.7. The first-order chi connectivity index (χ1) is 16.5. The van der Waals surface area contributed by atoms with Crippen LogP contribution in [0, 0.1) is 0 Å². The molecule has 2 aromatic carbocycles. The Balaban J connectivity index is 1.55. The first-order valence-corrected chi connectivity index (χ1v) is 11.6. The van der Waals surface area contributed by atoms with Gasteiger partial charge in [0.2, 0.25) is 0 Å². The van der Waals surface area contributed by atoms with Crippen molar-refractivity contribution >= 4 is 40.1 Å². The van der Waals surface area contributed by atoms with Crippen LogP contribution in [-0.2, 0) is 4.74 Å². The molecule has 3 heterocycles. The third-order valence-electron chi connectivity index (χ3n) is 6.14. The van der Waals surface area contributed by atoms with Crippen molar-refractivity contribution in [3.63, 3.8) is 0 Å². The molecule has 174 valence electrons. The highest BCUT2D eigenvalue weighted by molar-refractivity contribution is 6.10. The van der Waals surface area contributed by atoms with E-state index in [9.17, 15) is 4.79 Å². The number of carbonyl (C=O) groups excluding carboxylic acids is 1. The van der Waals surface area contributed by atoms with Crippen molar-refractivity contribution in [1.29, 1.82) is 0 Å². The molecule has 5 rings (SSSR count). The number of para-hydroxylation sites is 2. The molecule has 1 aliphatic heterocycles. The Morgan fingerprint density at radius 1 is 1.21 bits per heavy atom. The smallest absolute Gasteiger partial charge is 0.257 e. The Kier molecular flexibility index (Phi) is 5.98. The summed E-state index contributed by atoms with van der Waals surface area (Å²) >= 11 is 0. The van der Waals surface area contributed by atoms with Crippen LogP contribution in [-0.4, -0.2) is 46.0 Å². The van der Waals surface area contributed by atoms with Gasteiger partial charge in [0, 0.05) is 13.2 Å². The molecule has 0 radical (unpaired) electrons. The fourth-order valence-electron chi connectivity index (χ4n) is 4.18. The van der Waals surface area contributed by atoms with Gasteiger partial charge >= 0.3 is 0 Å². The number of hydrogen-bond donors (Lipinski definition) is 2. The summed E-state index contributed by atoms with van der Waals surface area (Å²) in [7, 11) is 0. The molecule has 8 heteroatoms. The molecule has 4 aromatic rings. The third kappa shape index (κ3) is 4.24. The zero-order chi connectivity index (χ0) is 23.7. The van der Waals surface area contributed by atoms with Crippen molar-refractivity contribution in [2.45, 2.75) is 38.7 Å². The second-order valence-corrected chi connectivity index (χ2v) is 8.87. The van der Waals surface area contributed by atoms with Crippen molar-refractivity contribution in [1.82, 2.24) is 20.0 Å². The van der Waals surface area contributed by atoms with E-state index in [1.165, 1.54) is 10.2 Å². The van der Waals surface area contributed by atoms with Gasteiger partial charge in [-0.25, -0.2) is 9.97 Å². The number of carbonyl (C=O) groups is 1. The van der Waals surface area contributed by atoms with E-state index in [-0.39, 0.29) is 23.4 Å². The summed E-state index contributed by atoms with van der Waals surface area (Å²) in [6.07, 6.45) is 3.68. The summed E-state index contributed by atoms with van der Waals surface area (Å²) in [5.74, 6) is 0.345. The standard InChI is InChI=1S/C26H28N6O2/c1-16(2)18-11-9-17(10-12-18)14-29-32-24(27)22(26(33)28-15-19-6-5-13-34-19)23-25(32)31-21-8-4-3-7-20(21)30-23/h3-4,7-12,14,16,19H,5-6,13,15,27H2,1-2H3,(H,28,33)/b29-14-/t19-/m1/s1. The van der Waals surface area contributed by atoms with Crippen LogP contribution < -0.4 is 11.1 Å². The maximum Gasteiger partial charge on any atom is 0.257 e. The van der Waals surface area contributed by atoms with Gasteiger partial charge in [-0.1, -0.05) is 50.2 Å². The number of fused-ring (bicyclic) bond motifs is 2. The molecule has 34 heavy (non-hydrogen) atoms. The van der Waals surface area contributed by atoms with Crippen LogP contribution in [0.4, 0.5) is 5.82 Å². The average Bonchev–Trinajstić information content (AvgIpc) is 3.45. The molecule has 0 aliphatic carbocycles. The monoisotopic (exact) mass is 456 g/mol. The number of hydrogen-bond acceptors (Lipinski definition) is 6. The lowest BCUT2D eigenvalue weighted by atomic mass is 10.0. The van der Waals surface area contributed by atoms with Crippen LogP contribution in [0.25, 0.3) is 22.2 Å². The molecule has 3 N–H and O–H groups in total. The number of amides is 1. The number of rotatable bonds is 6. The van der Waals surface area contributed by atoms with Gasteiger partial charge < -0.3 is 15.8 Å². The molecule has 0 unspecified atom stereocenters. The van der Waals surface area contributed by atoms with E-state index >= 15 is 0 Å². The van der Waals surface area contributed by atoms with E-state index in [2.05, 4.69) is 36.4 Å². The van der Waals surface area contributed by atoms with Crippen LogP contribution in [0.2, 0.25) is 0 Å². The van der Waals surface area contributed by atoms with Gasteiger partial charge in [-0.05, 0) is 42.0 Å². The fraction of sp³-hybridized carbons (Fsp3) is 0.308. The van der Waals surface area contributed by atoms with E-state index in [1.807, 2.05) is 36.4 Å². The highest BCUT2D eigenvalue weighted by Gasteiger charge is 2.25. The summed E-state index contributed by atoms with van der Waals surface area (Å²) in [4.78, 5) is 22.6. The highest BCUT2D eigenvalue weighted by Crippen LogP contribution is 2.28. The number of ether oxygens (including phenoxy) is 1. The maximum absolute atomic E-state index is 13.2. The lowest BCUT2D eigenvalue weighted by molar-refractivity contribution is 0.0859. The lowest BCUT2D eigenvalue weighted by Gasteiger charge is -2.10. The van der Waals surface area contributed by atoms with Crippen molar-refractivity contribution in [3.05, 3.63) is 65.2 Å². The molecule has 0 saturated carbocycles. The molecule has 2 aromatic heterocycles. The molecule has 1 atom stereocenters. The van der Waals surface area contributed by atoms with Crippen LogP contribution in [0.5, 0.6) is 0 Å². The number of aromatic nitrogens is 3. The molecule has 1 aliphatic rings. The third-order valence-corrected chi connectivity index (χ3v) is 6.14. The van der Waals surface area contributed by atoms with Crippen LogP contribution in [0.15, 0.2) is 53.6 Å². The van der Waals surface area contributed by atoms with Crippen molar-refractivity contribution in [3.8, 4) is 0 Å². The average molecular weight is 457 g/mol. The minimum atomic E-state index is -0.308. The second-order valence-electron chi connectivity index (χ2n) is 8.87. The van der Waals surface area contributed by atoms with Crippen LogP contribution in [0.3, 0.4) is 0 Å². The van der Waals surface area contributed by atoms with Gasteiger partial charge in [0.15, 0.2) is 5.65 Å². The molecular formula is C26H28N6O2. The Hall–Kier alpha value is -3.78. The predicted octanol–water partition coefficient (Wildman–Crippen LogP) is 4.08. The normalized spacial score (nSPS) is 16.3. The Morgan fingerprint density at radius 2 is 1.94 bits per heavy atom. The number of benzene rings is 2. The maximum atomic E-state index is 13.2. The SMILES string of the molecule is CC(C)c1ccc(/C=N\n2c(N)c(C(=O)NC[C@H]3CCCO3)c3nc4ccccc4nc32)cc1. The van der Waals surface area contributed by atoms with Crippen LogP contribution >= 0.6 is 0 Å². The van der Waals surface area contributed by atoms with Gasteiger partial charge in [-0.15, -0.1) is 0 Å². The first-order valence-electron chi connectivity index (χ1n) is 11.6. The summed E-state index contributed by atoms with van der Waals surface area (Å²) in [5, 5.41) is 7.53. The van der Waals surface area contributed by atoms with E-state index in [4.69, 9.17) is 20.4 Å². The zero-order valence-electron chi connectivity index (χ0n) is 19.4. The zero-order valence-corrected chi connectivity index (χ0v) is 19.4. The van der Waals surface area contributed by atoms with Gasteiger partial charge in [0.05, 0.1) is 23.4 Å². The van der Waals surface area contributed by atoms with Crippen LogP contribution in [0.1, 0.15) is 54.1 Å². The van der Waals surface area contributed by atoms with E-state index < -0.39 is 0 Å². The number of nitrogens with zero attached hydrogens (tertiary/aromatic N) is 4. The summed E-state index contributed by atoms with van der Waals surface area (Å²) in [5.41, 5.74) is 11.2. The quantitative estimate of drug-likeness (QED) is 0.425. The van der Waals surface area contributed by atoms with E-state index in [0.717, 1.165) is 25.0 Å².